The number of halogens is 3. The van der Waals surface area contributed by atoms with Gasteiger partial charge in [-0.05, 0) is 55.7 Å². The van der Waals surface area contributed by atoms with E-state index in [9.17, 15) is 9.18 Å². The van der Waals surface area contributed by atoms with Gasteiger partial charge in [0.2, 0.25) is 0 Å². The van der Waals surface area contributed by atoms with E-state index < -0.39 is 6.67 Å². The number of amides is 1. The van der Waals surface area contributed by atoms with Crippen LogP contribution in [0.25, 0.3) is 11.1 Å². The molecule has 2 N–H and O–H groups in total. The molecule has 8 heteroatoms. The van der Waals surface area contributed by atoms with Crippen LogP contribution in [0.3, 0.4) is 0 Å². The number of rotatable bonds is 4. The average molecular weight is 394 g/mol. The maximum atomic E-state index is 12.8. The molecule has 1 amide bonds. The Morgan fingerprint density at radius 1 is 1.18 bits per heavy atom. The first-order chi connectivity index (χ1) is 13.4. The highest BCUT2D eigenvalue weighted by Gasteiger charge is 2.18. The molecule has 0 radical (unpaired) electrons. The second-order valence-corrected chi connectivity index (χ2v) is 7.29. The largest absolute Gasteiger partial charge is 0.347 e. The van der Waals surface area contributed by atoms with E-state index in [0.29, 0.717) is 17.8 Å². The van der Waals surface area contributed by atoms with Gasteiger partial charge in [0, 0.05) is 21.7 Å². The Bertz CT molecular complexity index is 839. The summed E-state index contributed by atoms with van der Waals surface area (Å²) in [6.07, 6.45) is 1.69. The van der Waals surface area contributed by atoms with Crippen LogP contribution in [0.2, 0.25) is 0 Å². The maximum Gasteiger partial charge on any atom is 0.251 e. The molecule has 0 atom stereocenters. The van der Waals surface area contributed by atoms with Crippen LogP contribution in [0.5, 0.6) is 0 Å². The highest BCUT2D eigenvalue weighted by molar-refractivity contribution is 5.98. The molecule has 0 bridgehead atoms. The third kappa shape index (κ3) is 5.56. The third-order valence-electron chi connectivity index (χ3n) is 3.92. The van der Waals surface area contributed by atoms with Crippen molar-refractivity contribution in [3.63, 3.8) is 0 Å². The molecule has 5 nitrogen and oxygen atoms in total. The first-order valence-electron chi connectivity index (χ1n) is 8.65. The second kappa shape index (κ2) is 9.36. The Morgan fingerprint density at radius 3 is 2.39 bits per heavy atom. The number of benzene rings is 2. The van der Waals surface area contributed by atoms with Gasteiger partial charge in [0.05, 0.1) is 5.69 Å². The molecule has 1 heterocycles. The van der Waals surface area contributed by atoms with Gasteiger partial charge in [-0.3, -0.25) is 14.8 Å². The minimum absolute atomic E-state index is 0. The van der Waals surface area contributed by atoms with Gasteiger partial charge in [-0.25, -0.2) is 9.82 Å². The van der Waals surface area contributed by atoms with E-state index in [1.807, 2.05) is 51.1 Å². The lowest BCUT2D eigenvalue weighted by molar-refractivity contribution is 0.0919. The fourth-order valence-electron chi connectivity index (χ4n) is 2.69. The van der Waals surface area contributed by atoms with Gasteiger partial charge in [0.15, 0.2) is 0 Å². The normalized spacial score (nSPS) is 13.1. The Morgan fingerprint density at radius 2 is 1.86 bits per heavy atom. The summed E-state index contributed by atoms with van der Waals surface area (Å²) < 4.78 is 28.8. The number of anilines is 1. The molecule has 152 valence electrons. The van der Waals surface area contributed by atoms with Gasteiger partial charge in [-0.2, -0.15) is 0 Å². The fourth-order valence-corrected chi connectivity index (χ4v) is 2.69. The second-order valence-electron chi connectivity index (χ2n) is 7.29. The monoisotopic (exact) mass is 394 g/mol. The van der Waals surface area contributed by atoms with Gasteiger partial charge in [-0.1, -0.05) is 24.3 Å². The number of carbonyl (C=O) groups is 1. The number of alkyl halides is 1. The molecule has 0 aromatic heterocycles. The zero-order valence-electron chi connectivity index (χ0n) is 16.0. The van der Waals surface area contributed by atoms with Crippen LogP contribution in [0.4, 0.5) is 19.2 Å². The van der Waals surface area contributed by atoms with Crippen LogP contribution in [0.1, 0.15) is 38.1 Å². The van der Waals surface area contributed by atoms with Crippen molar-refractivity contribution in [1.29, 1.82) is 0 Å². The van der Waals surface area contributed by atoms with E-state index >= 15 is 0 Å². The smallest absolute Gasteiger partial charge is 0.251 e. The summed E-state index contributed by atoms with van der Waals surface area (Å²) in [5.74, 6) is -0.142. The third-order valence-corrected chi connectivity index (χ3v) is 3.92. The molecular weight excluding hydrogens is 369 g/mol. The number of carbonyl (C=O) groups excluding carboxylic acids is 1. The molecule has 0 spiro atoms. The lowest BCUT2D eigenvalue weighted by Crippen LogP contribution is -2.40. The molecule has 28 heavy (non-hydrogen) atoms. The zero-order valence-corrected chi connectivity index (χ0v) is 16.0. The van der Waals surface area contributed by atoms with Gasteiger partial charge in [0.25, 0.3) is 5.91 Å². The van der Waals surface area contributed by atoms with Crippen molar-refractivity contribution in [2.24, 2.45) is 4.99 Å². The minimum Gasteiger partial charge on any atom is -0.347 e. The number of hydrogen-bond acceptors (Lipinski definition) is 4. The van der Waals surface area contributed by atoms with E-state index in [-0.39, 0.29) is 12.9 Å². The topological polar surface area (TPSA) is 56.7 Å². The van der Waals surface area contributed by atoms with E-state index in [2.05, 4.69) is 15.7 Å². The first-order valence-corrected chi connectivity index (χ1v) is 8.65. The highest BCUT2D eigenvalue weighted by atomic mass is 20.0. The van der Waals surface area contributed by atoms with Crippen molar-refractivity contribution in [2.75, 3.05) is 11.7 Å². The van der Waals surface area contributed by atoms with Crippen molar-refractivity contribution in [2.45, 2.75) is 33.0 Å². The van der Waals surface area contributed by atoms with Crippen molar-refractivity contribution in [3.8, 4) is 11.1 Å². The van der Waals surface area contributed by atoms with Crippen molar-refractivity contribution >= 4 is 17.9 Å². The molecule has 0 aliphatic carbocycles. The summed E-state index contributed by atoms with van der Waals surface area (Å²) in [7, 11) is 0. The summed E-state index contributed by atoms with van der Waals surface area (Å²) in [5, 5.41) is 4.77. The molecule has 0 fully saturated rings. The lowest BCUT2D eigenvalue weighted by atomic mass is 9.99. The zero-order chi connectivity index (χ0) is 20.7. The van der Waals surface area contributed by atoms with Gasteiger partial charge in [-0.15, -0.1) is 0 Å². The Hall–Kier alpha value is -2.87. The van der Waals surface area contributed by atoms with Crippen LogP contribution in [0, 0.1) is 0 Å². The Balaban J connectivity index is 0.00000136. The standard InChI is InChI=1S/C20H23FN4O.F2.H2/c1-20(2,3)24-19(26)17-8-16(15-6-4-14(11-21)5-7-15)9-18(10-17)25-13-22-12-23-25;1-2;/h4-10,13,23H,11-12H2,1-3H3,(H,24,26);;1H. The lowest BCUT2D eigenvalue weighted by Gasteiger charge is -2.22. The number of aliphatic imine (C=N–C) groups is 1. The molecule has 2 aromatic carbocycles. The minimum atomic E-state index is -0.492. The fraction of sp³-hybridized carbons (Fsp3) is 0.300. The SMILES string of the molecule is CC(C)(C)NC(=O)c1cc(-c2ccc(CF)cc2)cc(N2C=NCN2)c1.FF.[HH]. The van der Waals surface area contributed by atoms with Crippen LogP contribution in [-0.2, 0) is 6.67 Å². The molecule has 0 saturated heterocycles. The molecule has 0 unspecified atom stereocenters. The molecular formula is C20H25F3N4O. The first kappa shape index (κ1) is 21.4. The predicted octanol–water partition coefficient (Wildman–Crippen LogP) is 4.75. The number of hydrazine groups is 1. The summed E-state index contributed by atoms with van der Waals surface area (Å²) in [4.78, 5) is 16.8. The number of hydrogen-bond donors (Lipinski definition) is 2. The van der Waals surface area contributed by atoms with Crippen molar-refractivity contribution < 1.29 is 19.8 Å². The van der Waals surface area contributed by atoms with Crippen LogP contribution in [0.15, 0.2) is 47.5 Å². The summed E-state index contributed by atoms with van der Waals surface area (Å²) in [5.41, 5.74) is 6.59. The number of nitrogens with zero attached hydrogens (tertiary/aromatic N) is 2. The van der Waals surface area contributed by atoms with E-state index in [1.54, 1.807) is 23.5 Å². The molecule has 1 aliphatic heterocycles. The summed E-state index contributed by atoms with van der Waals surface area (Å²) in [6.45, 7) is 5.84. The summed E-state index contributed by atoms with van der Waals surface area (Å²) in [6, 6.07) is 12.9. The van der Waals surface area contributed by atoms with E-state index in [1.165, 1.54) is 0 Å². The van der Waals surface area contributed by atoms with Crippen molar-refractivity contribution in [1.82, 2.24) is 10.7 Å². The van der Waals surface area contributed by atoms with Gasteiger partial charge in [0.1, 0.15) is 19.7 Å². The average Bonchev–Trinajstić information content (AvgIpc) is 3.23. The Kier molecular flexibility index (Phi) is 7.17. The number of nitrogens with one attached hydrogen (secondary N) is 2. The molecule has 1 aliphatic rings. The van der Waals surface area contributed by atoms with E-state index in [0.717, 1.165) is 16.8 Å². The van der Waals surface area contributed by atoms with Crippen LogP contribution < -0.4 is 15.8 Å². The maximum absolute atomic E-state index is 12.8. The van der Waals surface area contributed by atoms with Crippen LogP contribution >= 0.6 is 0 Å². The molecule has 3 rings (SSSR count). The summed E-state index contributed by atoms with van der Waals surface area (Å²) >= 11 is 0. The highest BCUT2D eigenvalue weighted by Crippen LogP contribution is 2.27. The molecule has 0 saturated carbocycles. The predicted molar refractivity (Wildman–Crippen MR) is 107 cm³/mol. The Labute approximate surface area is 163 Å². The van der Waals surface area contributed by atoms with Gasteiger partial charge >= 0.3 is 0 Å². The van der Waals surface area contributed by atoms with Crippen molar-refractivity contribution in [3.05, 3.63) is 53.6 Å². The van der Waals surface area contributed by atoms with E-state index in [4.69, 9.17) is 9.15 Å². The van der Waals surface area contributed by atoms with Crippen LogP contribution in [-0.4, -0.2) is 24.5 Å². The quantitative estimate of drug-likeness (QED) is 0.787. The van der Waals surface area contributed by atoms with Gasteiger partial charge < -0.3 is 5.32 Å². The molecule has 2 aromatic rings.